The number of rotatable bonds is 24. The number of aliphatic hydroxyl groups is 10. The minimum absolute atomic E-state index is 0.00623. The number of halogens is 11. The number of aliphatic hydroxyl groups excluding tert-OH is 3. The van der Waals surface area contributed by atoms with Crippen LogP contribution >= 0.6 is 0 Å². The number of carbonyl (C=O) groups is 7. The second-order valence-electron chi connectivity index (χ2n) is 57.6. The Hall–Kier alpha value is -4.88. The van der Waals surface area contributed by atoms with Crippen molar-refractivity contribution in [3.8, 4) is 0 Å². The Morgan fingerprint density at radius 1 is 0.200 bits per heavy atom. The lowest BCUT2D eigenvalue weighted by Crippen LogP contribution is -2.64. The average Bonchev–Trinajstić information content (AvgIpc) is 0.705. The summed E-state index contributed by atoms with van der Waals surface area (Å²) >= 11 is 0. The van der Waals surface area contributed by atoms with Crippen LogP contribution in [-0.4, -0.2) is 239 Å². The molecular formula is C110H167F11O24. The topological polar surface area (TPSA) is 386 Å². The van der Waals surface area contributed by atoms with Crippen LogP contribution in [-0.2, 0) is 66.7 Å². The minimum Gasteiger partial charge on any atom is -0.464 e. The van der Waals surface area contributed by atoms with E-state index in [-0.39, 0.29) is 119 Å². The lowest BCUT2D eigenvalue weighted by atomic mass is 9.44. The molecule has 28 fully saturated rings. The highest BCUT2D eigenvalue weighted by atomic mass is 19.4. The smallest absolute Gasteiger partial charge is 0.404 e. The molecule has 0 aromatic carbocycles. The van der Waals surface area contributed by atoms with Gasteiger partial charge in [-0.25, -0.2) is 45.9 Å². The lowest BCUT2D eigenvalue weighted by Gasteiger charge is -2.63. The maximum Gasteiger partial charge on any atom is 0.404 e. The molecule has 0 spiro atoms. The molecule has 828 valence electrons. The summed E-state index contributed by atoms with van der Waals surface area (Å²) in [5, 5.41) is 103. The summed E-state index contributed by atoms with van der Waals surface area (Å²) in [5.41, 5.74) is -22.5. The summed E-state index contributed by atoms with van der Waals surface area (Å²) < 4.78 is 182. The summed E-state index contributed by atoms with van der Waals surface area (Å²) in [6, 6.07) is 0. The zero-order chi connectivity index (χ0) is 107. The van der Waals surface area contributed by atoms with Gasteiger partial charge < -0.3 is 84.2 Å². The number of esters is 7. The molecule has 35 heteroatoms. The second kappa shape index (κ2) is 38.0. The van der Waals surface area contributed by atoms with Crippen LogP contribution in [0.25, 0.3) is 0 Å². The molecule has 28 rings (SSSR count). The first-order chi connectivity index (χ1) is 66.1. The second-order valence-corrected chi connectivity index (χ2v) is 57.6. The molecule has 28 saturated carbocycles. The molecule has 24 nitrogen and oxygen atoms in total. The molecule has 14 atom stereocenters. The maximum absolute atomic E-state index is 13.6. The normalized spacial score (nSPS) is 43.5. The van der Waals surface area contributed by atoms with Crippen LogP contribution in [0.2, 0.25) is 0 Å². The van der Waals surface area contributed by atoms with Gasteiger partial charge in [0.1, 0.15) is 0 Å². The highest BCUT2D eigenvalue weighted by molar-refractivity contribution is 5.81. The first-order valence-corrected chi connectivity index (χ1v) is 53.8. The van der Waals surface area contributed by atoms with Crippen molar-refractivity contribution in [2.24, 2.45) is 130 Å². The molecule has 0 aromatic rings. The Morgan fingerprint density at radius 2 is 0.345 bits per heavy atom. The summed E-state index contributed by atoms with van der Waals surface area (Å²) in [6.07, 6.45) is 25.9. The van der Waals surface area contributed by atoms with E-state index < -0.39 is 138 Å². The van der Waals surface area contributed by atoms with Gasteiger partial charge in [-0.05, 0) is 429 Å². The monoisotopic (exact) mass is 2080 g/mol. The zero-order valence-corrected chi connectivity index (χ0v) is 88.0. The minimum atomic E-state index is -4.68. The third-order valence-corrected chi connectivity index (χ3v) is 38.9. The van der Waals surface area contributed by atoms with E-state index in [4.69, 9.17) is 33.2 Å². The van der Waals surface area contributed by atoms with Crippen LogP contribution in [0.3, 0.4) is 0 Å². The summed E-state index contributed by atoms with van der Waals surface area (Å²) in [6.45, 7) is 17.1. The molecule has 10 N–H and O–H groups in total. The molecule has 145 heavy (non-hydrogen) atoms. The van der Waals surface area contributed by atoms with Crippen molar-refractivity contribution in [2.45, 2.75) is 447 Å². The molecule has 28 aliphatic carbocycles. The number of ether oxygens (including phenoxy) is 7. The van der Waals surface area contributed by atoms with Crippen molar-refractivity contribution < 1.29 is 166 Å². The fraction of sp³-hybridized carbons (Fsp3) is 0.936. The van der Waals surface area contributed by atoms with Crippen molar-refractivity contribution in [1.29, 1.82) is 0 Å². The standard InChI is InChI=1S/C17H25F3O3.C16H23F3O4.2C16H25FO3.2C15H23FO4.C15H23FO3/c1-14(2,17(18,19)20)13(22)23-10-16-6-11-3-12(7-16)5-15(4-11,8-16)9-21;1-12(2,16(17,18)19)11(20)23-9-13-3-10-4-14(21,6-13)8-15(22,5-10)7-13;2*1-14(2,17)13(19)20-10-16-6-11-3-12(7-16)5-15(4-11,8-16)9-18;2*1-12(2,16)11(17)20-9-13-3-10-4-14(18,6-13)8-15(19,5-10)7-13;1-13(2,16)12(17)19-9-14-4-10-3-11(5-14)7-15(18,6-10)8-14/h11-12,21H,3-10H2,1-2H3;10,21-22H,3-9H2,1-2H3;2*11-12,18H,3-10H2,1-2H3;2*10,18-19H,3-9H2,1-2H3;10-11,18H,3-9H2,1-2H3. The van der Waals surface area contributed by atoms with Gasteiger partial charge in [0.05, 0.1) is 85.5 Å². The molecule has 0 heterocycles. The lowest BCUT2D eigenvalue weighted by molar-refractivity contribution is -0.249. The van der Waals surface area contributed by atoms with Crippen molar-refractivity contribution in [3.63, 3.8) is 0 Å². The van der Waals surface area contributed by atoms with E-state index in [1.54, 1.807) is 0 Å². The van der Waals surface area contributed by atoms with Gasteiger partial charge in [0.2, 0.25) is 28.3 Å². The van der Waals surface area contributed by atoms with Crippen LogP contribution in [0.4, 0.5) is 48.3 Å². The Bertz CT molecular complexity index is 4490. The first kappa shape index (κ1) is 114. The molecular weight excluding hydrogens is 1910 g/mol. The van der Waals surface area contributed by atoms with Crippen LogP contribution in [0.5, 0.6) is 0 Å². The molecule has 28 bridgehead atoms. The first-order valence-electron chi connectivity index (χ1n) is 53.8. The predicted octanol–water partition coefficient (Wildman–Crippen LogP) is 18.0. The maximum atomic E-state index is 13.6. The Balaban J connectivity index is 0.000000127. The molecule has 0 amide bonds. The van der Waals surface area contributed by atoms with Crippen molar-refractivity contribution >= 4 is 41.8 Å². The third-order valence-electron chi connectivity index (χ3n) is 38.9. The van der Waals surface area contributed by atoms with Crippen molar-refractivity contribution in [2.75, 3.05) is 66.1 Å². The number of hydrogen-bond donors (Lipinski definition) is 10. The van der Waals surface area contributed by atoms with Crippen LogP contribution < -0.4 is 0 Å². The van der Waals surface area contributed by atoms with Crippen molar-refractivity contribution in [3.05, 3.63) is 0 Å². The summed E-state index contributed by atoms with van der Waals surface area (Å²) in [5.74, 6) is -1.10. The van der Waals surface area contributed by atoms with E-state index in [0.717, 1.165) is 195 Å². The Morgan fingerprint density at radius 3 is 0.510 bits per heavy atom. The Labute approximate surface area is 846 Å². The van der Waals surface area contributed by atoms with Crippen LogP contribution in [0.15, 0.2) is 0 Å². The van der Waals surface area contributed by atoms with E-state index >= 15 is 0 Å². The molecule has 0 radical (unpaired) electrons. The number of carbonyl (C=O) groups excluding carboxylic acids is 7. The molecule has 28 aliphatic rings. The largest absolute Gasteiger partial charge is 0.464 e. The summed E-state index contributed by atoms with van der Waals surface area (Å²) in [7, 11) is 0. The number of hydrogen-bond acceptors (Lipinski definition) is 24. The van der Waals surface area contributed by atoms with Gasteiger partial charge in [-0.3, -0.25) is 9.59 Å². The van der Waals surface area contributed by atoms with E-state index in [0.29, 0.717) is 144 Å². The van der Waals surface area contributed by atoms with Gasteiger partial charge >= 0.3 is 54.1 Å². The van der Waals surface area contributed by atoms with Gasteiger partial charge in [-0.2, -0.15) is 26.3 Å². The summed E-state index contributed by atoms with van der Waals surface area (Å²) in [4.78, 5) is 81.9. The van der Waals surface area contributed by atoms with Gasteiger partial charge in [0.15, 0.2) is 10.8 Å². The quantitative estimate of drug-likeness (QED) is 0.0244. The van der Waals surface area contributed by atoms with Crippen LogP contribution in [0.1, 0.15) is 367 Å². The van der Waals surface area contributed by atoms with Crippen LogP contribution in [0, 0.1) is 130 Å². The van der Waals surface area contributed by atoms with Gasteiger partial charge in [0, 0.05) is 77.0 Å². The molecule has 0 aliphatic heterocycles. The van der Waals surface area contributed by atoms with Gasteiger partial charge in [-0.15, -0.1) is 0 Å². The SMILES string of the molecule is CC(C)(C(=O)OCC12CC3CC(CC(CO)(C3)C1)C2)C(F)(F)F.CC(C)(C(=O)OCC12CC3CC(O)(CC(O)(C3)C1)C2)C(F)(F)F.CC(C)(F)C(=O)OCC12CC3CC(CC(CO)(C3)C1)C2.CC(C)(F)C(=O)OCC12CC3CC(CC(CO)(C3)C1)C2.CC(C)(F)C(=O)OCC12CC3CC(CC(O)(C3)C1)C2.CC(C)(F)C(=O)OCC12CC3CC(O)(CC(O)(C3)C1)C2.CC(C)(F)C(=O)OCC12CC3CC(O)(CC(O)(C3)C1)C2. The fourth-order valence-electron chi connectivity index (χ4n) is 36.6. The number of alkyl halides is 11. The van der Waals surface area contributed by atoms with Crippen molar-refractivity contribution in [1.82, 2.24) is 0 Å². The fourth-order valence-corrected chi connectivity index (χ4v) is 36.6. The molecule has 0 saturated heterocycles. The highest BCUT2D eigenvalue weighted by Gasteiger charge is 2.70. The highest BCUT2D eigenvalue weighted by Crippen LogP contribution is 2.72. The van der Waals surface area contributed by atoms with Gasteiger partial charge in [-0.1, -0.05) is 0 Å². The van der Waals surface area contributed by atoms with E-state index in [2.05, 4.69) is 0 Å². The molecule has 0 aromatic heterocycles. The van der Waals surface area contributed by atoms with Gasteiger partial charge in [0.25, 0.3) is 0 Å². The average molecular weight is 2080 g/mol. The third kappa shape index (κ3) is 24.7. The van der Waals surface area contributed by atoms with E-state index in [9.17, 15) is 133 Å². The van der Waals surface area contributed by atoms with E-state index in [1.165, 1.54) is 88.5 Å². The van der Waals surface area contributed by atoms with E-state index in [1.807, 2.05) is 0 Å². The predicted molar refractivity (Wildman–Crippen MR) is 505 cm³/mol. The Kier molecular flexibility index (Phi) is 30.0. The zero-order valence-electron chi connectivity index (χ0n) is 88.0. The molecule has 14 unspecified atom stereocenters.